The van der Waals surface area contributed by atoms with Gasteiger partial charge in [-0.3, -0.25) is 0 Å². The van der Waals surface area contributed by atoms with Crippen LogP contribution in [-0.4, -0.2) is 11.7 Å². The van der Waals surface area contributed by atoms with Gasteiger partial charge in [-0.1, -0.05) is 26.7 Å². The fourth-order valence-electron chi connectivity index (χ4n) is 1.14. The zero-order chi connectivity index (χ0) is 7.11. The van der Waals surface area contributed by atoms with Crippen LogP contribution in [0.2, 0.25) is 0 Å². The van der Waals surface area contributed by atoms with E-state index in [1.54, 1.807) is 0 Å². The van der Waals surface area contributed by atoms with Gasteiger partial charge in [-0.15, -0.1) is 0 Å². The van der Waals surface area contributed by atoms with E-state index in [1.165, 1.54) is 25.7 Å². The average Bonchev–Trinajstić information content (AvgIpc) is 1.88. The van der Waals surface area contributed by atoms with E-state index < -0.39 is 0 Å². The summed E-state index contributed by atoms with van der Waals surface area (Å²) in [7, 11) is 0. The number of hydrogen-bond donors (Lipinski definition) is 1. The molecule has 0 aromatic heterocycles. The molecule has 10 heavy (non-hydrogen) atoms. The number of aliphatic hydroxyl groups excluding tert-OH is 1. The Kier molecular flexibility index (Phi) is 14.1. The fourth-order valence-corrected chi connectivity index (χ4v) is 1.14. The summed E-state index contributed by atoms with van der Waals surface area (Å²) in [6.45, 7) is 4.71. The second kappa shape index (κ2) is 10.2. The normalized spacial score (nSPS) is 9.60. The van der Waals surface area contributed by atoms with Crippen molar-refractivity contribution in [1.82, 2.24) is 0 Å². The SMILES string of the molecule is CCCC(CO)CCC.[Ar]. The molecule has 0 unspecified atom stereocenters. The van der Waals surface area contributed by atoms with Crippen LogP contribution in [0.5, 0.6) is 0 Å². The summed E-state index contributed by atoms with van der Waals surface area (Å²) in [5.74, 6) is 0.569. The van der Waals surface area contributed by atoms with Gasteiger partial charge in [0.1, 0.15) is 0 Å². The maximum Gasteiger partial charge on any atom is 0.0459 e. The van der Waals surface area contributed by atoms with E-state index in [2.05, 4.69) is 13.8 Å². The summed E-state index contributed by atoms with van der Waals surface area (Å²) in [5.41, 5.74) is 0. The molecule has 0 amide bonds. The monoisotopic (exact) mass is 170 g/mol. The van der Waals surface area contributed by atoms with Gasteiger partial charge < -0.3 is 5.11 Å². The fraction of sp³-hybridized carbons (Fsp3) is 1.00. The molecule has 0 atom stereocenters. The second-order valence-corrected chi connectivity index (χ2v) is 2.63. The van der Waals surface area contributed by atoms with Crippen molar-refractivity contribution in [3.8, 4) is 0 Å². The maximum atomic E-state index is 8.79. The van der Waals surface area contributed by atoms with Crippen LogP contribution >= 0.6 is 0 Å². The molecule has 1 N–H and O–H groups in total. The standard InChI is InChI=1S/C8H18O.Ar/c1-3-5-8(7-9)6-4-2;/h8-9H,3-7H2,1-2H3;. The Balaban J connectivity index is 0. The second-order valence-electron chi connectivity index (χ2n) is 2.63. The number of rotatable bonds is 5. The largest absolute Gasteiger partial charge is 0.396 e. The number of aliphatic hydroxyl groups is 1. The Bertz CT molecular complexity index is 51.2. The molecule has 0 rings (SSSR count). The third kappa shape index (κ3) is 7.33. The van der Waals surface area contributed by atoms with Gasteiger partial charge in [0.2, 0.25) is 0 Å². The predicted molar refractivity (Wildman–Crippen MR) is 40.4 cm³/mol. The molecule has 0 saturated heterocycles. The van der Waals surface area contributed by atoms with Crippen LogP contribution in [0.4, 0.5) is 0 Å². The Morgan fingerprint density at radius 1 is 1.10 bits per heavy atom. The molecule has 0 aromatic rings. The summed E-state index contributed by atoms with van der Waals surface area (Å²) in [6.07, 6.45) is 4.77. The third-order valence-electron chi connectivity index (χ3n) is 1.65. The van der Waals surface area contributed by atoms with Gasteiger partial charge in [0, 0.05) is 44.3 Å². The van der Waals surface area contributed by atoms with Crippen LogP contribution in [0.15, 0.2) is 0 Å². The Hall–Kier alpha value is 1.22. The van der Waals surface area contributed by atoms with Gasteiger partial charge in [0.15, 0.2) is 0 Å². The van der Waals surface area contributed by atoms with E-state index >= 15 is 0 Å². The Labute approximate surface area is 94.2 Å². The molecule has 2 heteroatoms. The smallest absolute Gasteiger partial charge is 0.0459 e. The summed E-state index contributed by atoms with van der Waals surface area (Å²) < 4.78 is 0. The van der Waals surface area contributed by atoms with E-state index in [-0.39, 0.29) is 37.7 Å². The first kappa shape index (κ1) is 13.8. The van der Waals surface area contributed by atoms with Gasteiger partial charge in [0.25, 0.3) is 0 Å². The predicted octanol–water partition coefficient (Wildman–Crippen LogP) is 2.20. The first-order valence-electron chi connectivity index (χ1n) is 3.96. The van der Waals surface area contributed by atoms with Crippen LogP contribution < -0.4 is 0 Å². The zero-order valence-corrected chi connectivity index (χ0v) is 7.62. The van der Waals surface area contributed by atoms with Crippen molar-refractivity contribution in [2.24, 2.45) is 5.92 Å². The number of hydrogen-bond acceptors (Lipinski definition) is 1. The molecule has 0 bridgehead atoms. The minimum absolute atomic E-state index is 0. The van der Waals surface area contributed by atoms with Crippen molar-refractivity contribution in [2.75, 3.05) is 6.61 Å². The summed E-state index contributed by atoms with van der Waals surface area (Å²) in [4.78, 5) is 0. The quantitative estimate of drug-likeness (QED) is 0.670. The molecule has 0 fully saturated rings. The van der Waals surface area contributed by atoms with Crippen LogP contribution in [0, 0.1) is 43.7 Å². The molecule has 0 heterocycles. The summed E-state index contributed by atoms with van der Waals surface area (Å²) in [6, 6.07) is 0. The Morgan fingerprint density at radius 3 is 1.70 bits per heavy atom. The van der Waals surface area contributed by atoms with Gasteiger partial charge >= 0.3 is 0 Å². The van der Waals surface area contributed by atoms with Gasteiger partial charge in [-0.2, -0.15) is 0 Å². The van der Waals surface area contributed by atoms with Gasteiger partial charge in [-0.25, -0.2) is 0 Å². The molecule has 0 saturated carbocycles. The summed E-state index contributed by atoms with van der Waals surface area (Å²) >= 11 is 0. The van der Waals surface area contributed by atoms with E-state index in [4.69, 9.17) is 5.11 Å². The molecular formula is C8H18ArO. The first-order valence-corrected chi connectivity index (χ1v) is 3.96. The molecule has 0 aliphatic heterocycles. The molecule has 0 aliphatic carbocycles. The van der Waals surface area contributed by atoms with E-state index in [1.807, 2.05) is 0 Å². The minimum Gasteiger partial charge on any atom is -0.396 e. The van der Waals surface area contributed by atoms with Crippen molar-refractivity contribution in [1.29, 1.82) is 0 Å². The van der Waals surface area contributed by atoms with E-state index in [9.17, 15) is 0 Å². The minimum atomic E-state index is 0. The van der Waals surface area contributed by atoms with Crippen molar-refractivity contribution in [2.45, 2.75) is 39.5 Å². The van der Waals surface area contributed by atoms with Crippen molar-refractivity contribution in [3.05, 3.63) is 0 Å². The van der Waals surface area contributed by atoms with E-state index in [0.717, 1.165) is 0 Å². The zero-order valence-electron chi connectivity index (χ0n) is 6.91. The average molecular weight is 170 g/mol. The van der Waals surface area contributed by atoms with E-state index in [0.29, 0.717) is 12.5 Å². The third-order valence-corrected chi connectivity index (χ3v) is 1.65. The van der Waals surface area contributed by atoms with Gasteiger partial charge in [0.05, 0.1) is 0 Å². The molecule has 64 valence electrons. The van der Waals surface area contributed by atoms with Crippen LogP contribution in [-0.2, 0) is 0 Å². The molecule has 0 aromatic carbocycles. The maximum absolute atomic E-state index is 8.79. The Morgan fingerprint density at radius 2 is 1.50 bits per heavy atom. The van der Waals surface area contributed by atoms with Crippen molar-refractivity contribution in [3.63, 3.8) is 0 Å². The first-order chi connectivity index (χ1) is 4.35. The van der Waals surface area contributed by atoms with Crippen LogP contribution in [0.3, 0.4) is 0 Å². The molecule has 0 radical (unpaired) electrons. The molecule has 1 nitrogen and oxygen atoms in total. The summed E-state index contributed by atoms with van der Waals surface area (Å²) in [5, 5.41) is 8.79. The van der Waals surface area contributed by atoms with Crippen molar-refractivity contribution >= 4 is 0 Å². The molecule has 0 spiro atoms. The molecular weight excluding hydrogens is 152 g/mol. The van der Waals surface area contributed by atoms with Gasteiger partial charge in [-0.05, 0) is 18.8 Å². The van der Waals surface area contributed by atoms with Crippen molar-refractivity contribution < 1.29 is 42.8 Å². The van der Waals surface area contributed by atoms with Crippen LogP contribution in [0.1, 0.15) is 39.5 Å². The molecule has 0 aliphatic rings. The van der Waals surface area contributed by atoms with Crippen LogP contribution in [0.25, 0.3) is 0 Å². The topological polar surface area (TPSA) is 20.2 Å².